The first-order valence-corrected chi connectivity index (χ1v) is 6.39. The molecule has 0 heterocycles. The third kappa shape index (κ3) is 2.84. The molecule has 0 amide bonds. The first-order chi connectivity index (χ1) is 9.01. The molecule has 0 aromatic heterocycles. The molecule has 0 N–H and O–H groups in total. The van der Waals surface area contributed by atoms with Gasteiger partial charge in [0.25, 0.3) is 0 Å². The van der Waals surface area contributed by atoms with Crippen LogP contribution in [0.5, 0.6) is 0 Å². The predicted molar refractivity (Wildman–Crippen MR) is 80.5 cm³/mol. The monoisotopic (exact) mass is 253 g/mol. The predicted octanol–water partition coefficient (Wildman–Crippen LogP) is 4.19. The highest BCUT2D eigenvalue weighted by Crippen LogP contribution is 2.28. The SMILES string of the molecule is Cc1cc(C)cc(N(C)c2ccc(C)cc2C=O)c1. The Morgan fingerprint density at radius 1 is 0.895 bits per heavy atom. The molecule has 2 aromatic carbocycles. The number of hydrogen-bond donors (Lipinski definition) is 0. The number of aldehydes is 1. The van der Waals surface area contributed by atoms with Crippen molar-refractivity contribution < 1.29 is 4.79 Å². The fourth-order valence-electron chi connectivity index (χ4n) is 2.36. The lowest BCUT2D eigenvalue weighted by Crippen LogP contribution is -2.12. The van der Waals surface area contributed by atoms with Crippen molar-refractivity contribution in [3.05, 3.63) is 58.7 Å². The van der Waals surface area contributed by atoms with Gasteiger partial charge in [0.15, 0.2) is 6.29 Å². The van der Waals surface area contributed by atoms with Crippen molar-refractivity contribution in [2.24, 2.45) is 0 Å². The van der Waals surface area contributed by atoms with Gasteiger partial charge in [-0.3, -0.25) is 4.79 Å². The molecule has 0 saturated heterocycles. The maximum absolute atomic E-state index is 11.2. The molecule has 2 heteroatoms. The van der Waals surface area contributed by atoms with E-state index < -0.39 is 0 Å². The van der Waals surface area contributed by atoms with Gasteiger partial charge in [0.2, 0.25) is 0 Å². The molecule has 0 aliphatic rings. The Labute approximate surface area is 114 Å². The molecule has 19 heavy (non-hydrogen) atoms. The summed E-state index contributed by atoms with van der Waals surface area (Å²) in [6.07, 6.45) is 0.918. The largest absolute Gasteiger partial charge is 0.344 e. The molecule has 0 bridgehead atoms. The van der Waals surface area contributed by atoms with Gasteiger partial charge in [-0.25, -0.2) is 0 Å². The standard InChI is InChI=1S/C17H19NO/c1-12-5-6-17(15(8-12)11-19)18(4)16-9-13(2)7-14(3)10-16/h5-11H,1-4H3. The number of aryl methyl sites for hydroxylation is 3. The molecule has 0 fully saturated rings. The Morgan fingerprint density at radius 3 is 2.11 bits per heavy atom. The van der Waals surface area contributed by atoms with Crippen LogP contribution in [-0.2, 0) is 0 Å². The van der Waals surface area contributed by atoms with Crippen molar-refractivity contribution in [1.29, 1.82) is 0 Å². The highest BCUT2D eigenvalue weighted by molar-refractivity contribution is 5.87. The molecule has 0 saturated carbocycles. The normalized spacial score (nSPS) is 10.3. The second-order valence-electron chi connectivity index (χ2n) is 5.09. The number of carbonyl (C=O) groups is 1. The van der Waals surface area contributed by atoms with Crippen molar-refractivity contribution >= 4 is 17.7 Å². The average molecular weight is 253 g/mol. The minimum Gasteiger partial charge on any atom is -0.344 e. The molecule has 2 aromatic rings. The molecule has 0 unspecified atom stereocenters. The van der Waals surface area contributed by atoms with Crippen LogP contribution >= 0.6 is 0 Å². The second-order valence-corrected chi connectivity index (χ2v) is 5.09. The van der Waals surface area contributed by atoms with Crippen molar-refractivity contribution in [3.8, 4) is 0 Å². The minimum atomic E-state index is 0.724. The van der Waals surface area contributed by atoms with E-state index in [9.17, 15) is 4.79 Å². The van der Waals surface area contributed by atoms with Gasteiger partial charge in [0, 0.05) is 18.3 Å². The van der Waals surface area contributed by atoms with Gasteiger partial charge in [-0.2, -0.15) is 0 Å². The number of hydrogen-bond acceptors (Lipinski definition) is 2. The molecular weight excluding hydrogens is 234 g/mol. The Morgan fingerprint density at radius 2 is 1.53 bits per heavy atom. The van der Waals surface area contributed by atoms with E-state index in [2.05, 4.69) is 36.9 Å². The average Bonchev–Trinajstić information content (AvgIpc) is 2.36. The van der Waals surface area contributed by atoms with Crippen molar-refractivity contribution in [1.82, 2.24) is 0 Å². The van der Waals surface area contributed by atoms with E-state index in [4.69, 9.17) is 0 Å². The van der Waals surface area contributed by atoms with E-state index in [1.54, 1.807) is 0 Å². The summed E-state index contributed by atoms with van der Waals surface area (Å²) in [4.78, 5) is 13.3. The van der Waals surface area contributed by atoms with Crippen molar-refractivity contribution in [3.63, 3.8) is 0 Å². The Kier molecular flexibility index (Phi) is 3.70. The van der Waals surface area contributed by atoms with Crippen LogP contribution in [0, 0.1) is 20.8 Å². The zero-order valence-electron chi connectivity index (χ0n) is 11.9. The van der Waals surface area contributed by atoms with Gasteiger partial charge < -0.3 is 4.90 Å². The van der Waals surface area contributed by atoms with Crippen LogP contribution in [-0.4, -0.2) is 13.3 Å². The fourth-order valence-corrected chi connectivity index (χ4v) is 2.36. The van der Waals surface area contributed by atoms with E-state index in [0.717, 1.165) is 28.8 Å². The maximum Gasteiger partial charge on any atom is 0.152 e. The Balaban J connectivity index is 2.49. The van der Waals surface area contributed by atoms with Crippen LogP contribution in [0.15, 0.2) is 36.4 Å². The van der Waals surface area contributed by atoms with E-state index in [0.29, 0.717) is 0 Å². The molecular formula is C17H19NO. The van der Waals surface area contributed by atoms with E-state index in [1.807, 2.05) is 32.2 Å². The Bertz CT molecular complexity index is 596. The summed E-state index contributed by atoms with van der Waals surface area (Å²) in [5.41, 5.74) is 6.31. The Hall–Kier alpha value is -2.09. The van der Waals surface area contributed by atoms with Crippen molar-refractivity contribution in [2.75, 3.05) is 11.9 Å². The minimum absolute atomic E-state index is 0.724. The third-order valence-electron chi connectivity index (χ3n) is 3.27. The first kappa shape index (κ1) is 13.3. The van der Waals surface area contributed by atoms with E-state index in [-0.39, 0.29) is 0 Å². The number of rotatable bonds is 3. The van der Waals surface area contributed by atoms with Gasteiger partial charge >= 0.3 is 0 Å². The van der Waals surface area contributed by atoms with Crippen LogP contribution < -0.4 is 4.90 Å². The molecule has 0 aliphatic carbocycles. The van der Waals surface area contributed by atoms with E-state index >= 15 is 0 Å². The highest BCUT2D eigenvalue weighted by Gasteiger charge is 2.09. The van der Waals surface area contributed by atoms with Gasteiger partial charge in [0.05, 0.1) is 5.69 Å². The fraction of sp³-hybridized carbons (Fsp3) is 0.235. The van der Waals surface area contributed by atoms with Crippen molar-refractivity contribution in [2.45, 2.75) is 20.8 Å². The molecule has 2 rings (SSSR count). The zero-order chi connectivity index (χ0) is 14.0. The second kappa shape index (κ2) is 5.27. The molecule has 0 radical (unpaired) electrons. The quantitative estimate of drug-likeness (QED) is 0.764. The lowest BCUT2D eigenvalue weighted by atomic mass is 10.1. The number of nitrogens with zero attached hydrogens (tertiary/aromatic N) is 1. The van der Waals surface area contributed by atoms with Crippen LogP contribution in [0.3, 0.4) is 0 Å². The lowest BCUT2D eigenvalue weighted by molar-refractivity contribution is 0.112. The summed E-state index contributed by atoms with van der Waals surface area (Å²) < 4.78 is 0. The summed E-state index contributed by atoms with van der Waals surface area (Å²) in [7, 11) is 1.99. The maximum atomic E-state index is 11.2. The lowest BCUT2D eigenvalue weighted by Gasteiger charge is -2.22. The number of carbonyl (C=O) groups excluding carboxylic acids is 1. The summed E-state index contributed by atoms with van der Waals surface area (Å²) in [5, 5.41) is 0. The molecule has 2 nitrogen and oxygen atoms in total. The van der Waals surface area contributed by atoms with Gasteiger partial charge in [-0.15, -0.1) is 0 Å². The summed E-state index contributed by atoms with van der Waals surface area (Å²) in [6, 6.07) is 12.3. The molecule has 0 atom stereocenters. The first-order valence-electron chi connectivity index (χ1n) is 6.39. The third-order valence-corrected chi connectivity index (χ3v) is 3.27. The highest BCUT2D eigenvalue weighted by atomic mass is 16.1. The van der Waals surface area contributed by atoms with E-state index in [1.165, 1.54) is 11.1 Å². The van der Waals surface area contributed by atoms with Crippen LogP contribution in [0.25, 0.3) is 0 Å². The van der Waals surface area contributed by atoms with Gasteiger partial charge in [-0.05, 0) is 56.2 Å². The summed E-state index contributed by atoms with van der Waals surface area (Å²) in [5.74, 6) is 0. The topological polar surface area (TPSA) is 20.3 Å². The van der Waals surface area contributed by atoms with Crippen LogP contribution in [0.4, 0.5) is 11.4 Å². The molecule has 0 spiro atoms. The zero-order valence-corrected chi connectivity index (χ0v) is 11.9. The van der Waals surface area contributed by atoms with Gasteiger partial charge in [0.1, 0.15) is 0 Å². The molecule has 98 valence electrons. The number of benzene rings is 2. The smallest absolute Gasteiger partial charge is 0.152 e. The van der Waals surface area contributed by atoms with Crippen LogP contribution in [0.2, 0.25) is 0 Å². The number of anilines is 2. The summed E-state index contributed by atoms with van der Waals surface area (Å²) in [6.45, 7) is 6.16. The molecule has 0 aliphatic heterocycles. The summed E-state index contributed by atoms with van der Waals surface area (Å²) >= 11 is 0. The van der Waals surface area contributed by atoms with Gasteiger partial charge in [-0.1, -0.05) is 17.7 Å². The van der Waals surface area contributed by atoms with Crippen LogP contribution in [0.1, 0.15) is 27.0 Å².